The summed E-state index contributed by atoms with van der Waals surface area (Å²) < 4.78 is 16.7. The number of carboxylic acids is 1. The van der Waals surface area contributed by atoms with Crippen molar-refractivity contribution in [1.29, 1.82) is 0 Å². The molecule has 6 nitrogen and oxygen atoms in total. The van der Waals surface area contributed by atoms with E-state index in [1.807, 2.05) is 36.4 Å². The Kier molecular flexibility index (Phi) is 4.01. The van der Waals surface area contributed by atoms with E-state index in [1.54, 1.807) is 19.4 Å². The molecule has 0 fully saturated rings. The van der Waals surface area contributed by atoms with Crippen molar-refractivity contribution in [3.05, 3.63) is 60.0 Å². The number of furan rings is 1. The van der Waals surface area contributed by atoms with E-state index in [9.17, 15) is 4.79 Å². The molecule has 2 heterocycles. The lowest BCUT2D eigenvalue weighted by Gasteiger charge is -2.07. The van der Waals surface area contributed by atoms with Crippen LogP contribution in [0.3, 0.4) is 0 Å². The van der Waals surface area contributed by atoms with E-state index < -0.39 is 5.97 Å². The van der Waals surface area contributed by atoms with Gasteiger partial charge < -0.3 is 24.0 Å². The van der Waals surface area contributed by atoms with Crippen LogP contribution >= 0.6 is 0 Å². The minimum atomic E-state index is -0.993. The molecule has 132 valence electrons. The smallest absolute Gasteiger partial charge is 0.352 e. The van der Waals surface area contributed by atoms with Gasteiger partial charge in [0.1, 0.15) is 22.8 Å². The van der Waals surface area contributed by atoms with Gasteiger partial charge in [-0.1, -0.05) is 6.07 Å². The number of rotatable bonds is 6. The number of aromatic carboxylic acids is 1. The molecule has 2 N–H and O–H groups in total. The number of benzene rings is 2. The van der Waals surface area contributed by atoms with E-state index in [2.05, 4.69) is 4.98 Å². The molecular weight excluding hydrogens is 334 g/mol. The first-order valence-corrected chi connectivity index (χ1v) is 8.17. The van der Waals surface area contributed by atoms with Gasteiger partial charge in [-0.15, -0.1) is 0 Å². The summed E-state index contributed by atoms with van der Waals surface area (Å²) in [5.74, 6) is 0.413. The maximum atomic E-state index is 11.1. The number of hydrogen-bond donors (Lipinski definition) is 2. The third-order valence-electron chi connectivity index (χ3n) is 4.35. The fraction of sp³-hybridized carbons (Fsp3) is 0.150. The highest BCUT2D eigenvalue weighted by molar-refractivity contribution is 5.96. The summed E-state index contributed by atoms with van der Waals surface area (Å²) >= 11 is 0. The average Bonchev–Trinajstić information content (AvgIpc) is 3.26. The molecule has 0 amide bonds. The molecule has 0 radical (unpaired) electrons. The minimum Gasteiger partial charge on any atom is -0.497 e. The maximum absolute atomic E-state index is 11.1. The number of carbonyl (C=O) groups is 1. The lowest BCUT2D eigenvalue weighted by atomic mass is 10.1. The van der Waals surface area contributed by atoms with Crippen molar-refractivity contribution in [3.8, 4) is 11.5 Å². The van der Waals surface area contributed by atoms with Gasteiger partial charge in [-0.25, -0.2) is 4.79 Å². The highest BCUT2D eigenvalue weighted by Crippen LogP contribution is 2.28. The highest BCUT2D eigenvalue weighted by atomic mass is 16.5. The number of fused-ring (bicyclic) bond motifs is 2. The van der Waals surface area contributed by atoms with E-state index in [-0.39, 0.29) is 5.69 Å². The molecule has 0 aliphatic heterocycles. The number of aromatic nitrogens is 1. The van der Waals surface area contributed by atoms with Crippen LogP contribution in [0.1, 0.15) is 16.1 Å². The Labute approximate surface area is 148 Å². The summed E-state index contributed by atoms with van der Waals surface area (Å²) in [6, 6.07) is 12.8. The van der Waals surface area contributed by atoms with Gasteiger partial charge in [-0.2, -0.15) is 0 Å². The number of carboxylic acid groups (broad SMARTS) is 1. The third-order valence-corrected chi connectivity index (χ3v) is 4.35. The van der Waals surface area contributed by atoms with Gasteiger partial charge in [0.2, 0.25) is 0 Å². The van der Waals surface area contributed by atoms with Crippen molar-refractivity contribution < 1.29 is 23.8 Å². The Morgan fingerprint density at radius 3 is 2.88 bits per heavy atom. The zero-order chi connectivity index (χ0) is 18.1. The zero-order valence-corrected chi connectivity index (χ0v) is 14.1. The number of aromatic amines is 1. The first kappa shape index (κ1) is 16.1. The highest BCUT2D eigenvalue weighted by Gasteiger charge is 2.12. The molecule has 0 bridgehead atoms. The summed E-state index contributed by atoms with van der Waals surface area (Å²) in [5.41, 5.74) is 2.71. The fourth-order valence-electron chi connectivity index (χ4n) is 3.02. The normalized spacial score (nSPS) is 11.1. The van der Waals surface area contributed by atoms with Crippen LogP contribution < -0.4 is 9.47 Å². The second-order valence-electron chi connectivity index (χ2n) is 5.93. The van der Waals surface area contributed by atoms with E-state index in [0.29, 0.717) is 18.8 Å². The molecule has 2 aromatic heterocycles. The monoisotopic (exact) mass is 351 g/mol. The Hall–Kier alpha value is -3.41. The summed E-state index contributed by atoms with van der Waals surface area (Å²) in [6.07, 6.45) is 2.40. The number of ether oxygens (including phenoxy) is 2. The number of methoxy groups -OCH3 is 1. The largest absolute Gasteiger partial charge is 0.497 e. The Morgan fingerprint density at radius 1 is 1.19 bits per heavy atom. The Bertz CT molecular complexity index is 1090. The molecule has 2 aromatic carbocycles. The molecule has 0 saturated heterocycles. The van der Waals surface area contributed by atoms with Gasteiger partial charge in [0.25, 0.3) is 0 Å². The summed E-state index contributed by atoms with van der Waals surface area (Å²) in [5, 5.41) is 10.9. The summed E-state index contributed by atoms with van der Waals surface area (Å²) in [4.78, 5) is 14.0. The van der Waals surface area contributed by atoms with Crippen LogP contribution in [0, 0.1) is 0 Å². The van der Waals surface area contributed by atoms with Crippen LogP contribution in [0.5, 0.6) is 11.5 Å². The van der Waals surface area contributed by atoms with E-state index >= 15 is 0 Å². The first-order valence-electron chi connectivity index (χ1n) is 8.17. The van der Waals surface area contributed by atoms with Crippen LogP contribution in [0.25, 0.3) is 21.9 Å². The van der Waals surface area contributed by atoms with Crippen molar-refractivity contribution >= 4 is 27.8 Å². The summed E-state index contributed by atoms with van der Waals surface area (Å²) in [6.45, 7) is 0.452. The predicted molar refractivity (Wildman–Crippen MR) is 97.2 cm³/mol. The third kappa shape index (κ3) is 2.86. The number of hydrogen-bond acceptors (Lipinski definition) is 4. The van der Waals surface area contributed by atoms with Gasteiger partial charge in [0.05, 0.1) is 20.0 Å². The van der Waals surface area contributed by atoms with Crippen LogP contribution in [0.15, 0.2) is 53.1 Å². The van der Waals surface area contributed by atoms with E-state index in [1.165, 1.54) is 0 Å². The zero-order valence-electron chi connectivity index (χ0n) is 14.1. The topological polar surface area (TPSA) is 84.7 Å². The molecular formula is C20H17NO5. The Morgan fingerprint density at radius 2 is 2.08 bits per heavy atom. The molecule has 6 heteroatoms. The van der Waals surface area contributed by atoms with E-state index in [4.69, 9.17) is 19.0 Å². The quantitative estimate of drug-likeness (QED) is 0.543. The van der Waals surface area contributed by atoms with Gasteiger partial charge in [0, 0.05) is 34.3 Å². The standard InChI is InChI=1S/C20H17NO5/c1-24-13-5-6-14-12(11-26-19(14)9-13)7-8-25-18-4-2-3-16-15(18)10-17(21-16)20(22)23/h2-6,9-11,21H,7-8H2,1H3,(H,22,23). The second-order valence-corrected chi connectivity index (χ2v) is 5.93. The van der Waals surface area contributed by atoms with E-state index in [0.717, 1.165) is 33.2 Å². The van der Waals surface area contributed by atoms with Crippen LogP contribution in [-0.4, -0.2) is 29.8 Å². The Balaban J connectivity index is 1.51. The molecule has 0 spiro atoms. The number of H-pyrrole nitrogens is 1. The fourth-order valence-corrected chi connectivity index (χ4v) is 3.02. The SMILES string of the molecule is COc1ccc2c(CCOc3cccc4[nH]c(C(=O)O)cc34)coc2c1. The molecule has 4 rings (SSSR count). The van der Waals surface area contributed by atoms with Crippen LogP contribution in [-0.2, 0) is 6.42 Å². The van der Waals surface area contributed by atoms with Crippen LogP contribution in [0.4, 0.5) is 0 Å². The lowest BCUT2D eigenvalue weighted by molar-refractivity contribution is 0.0691. The van der Waals surface area contributed by atoms with Crippen molar-refractivity contribution in [1.82, 2.24) is 4.98 Å². The first-order chi connectivity index (χ1) is 12.7. The van der Waals surface area contributed by atoms with Gasteiger partial charge in [-0.05, 0) is 30.3 Å². The predicted octanol–water partition coefficient (Wildman–Crippen LogP) is 4.24. The molecule has 0 aliphatic rings. The summed E-state index contributed by atoms with van der Waals surface area (Å²) in [7, 11) is 1.62. The van der Waals surface area contributed by atoms with Crippen molar-refractivity contribution in [3.63, 3.8) is 0 Å². The minimum absolute atomic E-state index is 0.144. The molecule has 0 atom stereocenters. The second kappa shape index (κ2) is 6.48. The van der Waals surface area contributed by atoms with Crippen molar-refractivity contribution in [2.75, 3.05) is 13.7 Å². The van der Waals surface area contributed by atoms with Gasteiger partial charge >= 0.3 is 5.97 Å². The molecule has 4 aromatic rings. The molecule has 0 unspecified atom stereocenters. The van der Waals surface area contributed by atoms with Crippen LogP contribution in [0.2, 0.25) is 0 Å². The molecule has 26 heavy (non-hydrogen) atoms. The van der Waals surface area contributed by atoms with Gasteiger partial charge in [-0.3, -0.25) is 0 Å². The molecule has 0 aliphatic carbocycles. The van der Waals surface area contributed by atoms with Crippen molar-refractivity contribution in [2.24, 2.45) is 0 Å². The lowest BCUT2D eigenvalue weighted by Crippen LogP contribution is -2.01. The van der Waals surface area contributed by atoms with Crippen molar-refractivity contribution in [2.45, 2.75) is 6.42 Å². The van der Waals surface area contributed by atoms with Gasteiger partial charge in [0.15, 0.2) is 0 Å². The molecule has 0 saturated carbocycles. The number of nitrogens with one attached hydrogen (secondary N) is 1. The average molecular weight is 351 g/mol. The maximum Gasteiger partial charge on any atom is 0.352 e.